The van der Waals surface area contributed by atoms with Gasteiger partial charge in [0.05, 0.1) is 0 Å². The number of hydrogen-bond donors (Lipinski definition) is 3. The lowest BCUT2D eigenvalue weighted by Crippen LogP contribution is -2.41. The molecule has 0 aromatic carbocycles. The Bertz CT molecular complexity index is 447. The van der Waals surface area contributed by atoms with Crippen molar-refractivity contribution in [3.63, 3.8) is 0 Å². The molecule has 1 amide bonds. The number of carboxylic acid groups (broad SMARTS) is 1. The summed E-state index contributed by atoms with van der Waals surface area (Å²) in [5.41, 5.74) is 5.85. The third kappa shape index (κ3) is 3.54. The Morgan fingerprint density at radius 2 is 2.26 bits per heavy atom. The normalized spacial score (nSPS) is 24.7. The van der Waals surface area contributed by atoms with Gasteiger partial charge in [0.25, 0.3) is 0 Å². The zero-order chi connectivity index (χ0) is 13.8. The molecule has 3 atom stereocenters. The summed E-state index contributed by atoms with van der Waals surface area (Å²) < 4.78 is 0. The van der Waals surface area contributed by atoms with E-state index in [1.165, 1.54) is 11.3 Å². The second-order valence-electron chi connectivity index (χ2n) is 4.92. The Balaban J connectivity index is 2.01. The Kier molecular flexibility index (Phi) is 4.55. The lowest BCUT2D eigenvalue weighted by molar-refractivity contribution is -0.142. The number of carbonyl (C=O) groups is 2. The van der Waals surface area contributed by atoms with Crippen LogP contribution in [0.5, 0.6) is 0 Å². The first-order valence-electron chi connectivity index (χ1n) is 6.40. The minimum Gasteiger partial charge on any atom is -0.479 e. The summed E-state index contributed by atoms with van der Waals surface area (Å²) in [6, 6.07) is 2.59. The van der Waals surface area contributed by atoms with Crippen LogP contribution in [-0.2, 0) is 9.59 Å². The van der Waals surface area contributed by atoms with Crippen molar-refractivity contribution in [1.82, 2.24) is 5.32 Å². The van der Waals surface area contributed by atoms with Gasteiger partial charge in [-0.2, -0.15) is 0 Å². The Morgan fingerprint density at radius 3 is 2.84 bits per heavy atom. The van der Waals surface area contributed by atoms with Crippen LogP contribution in [0.2, 0.25) is 0 Å². The molecule has 5 nitrogen and oxygen atoms in total. The number of rotatable bonds is 4. The maximum atomic E-state index is 12.1. The van der Waals surface area contributed by atoms with E-state index >= 15 is 0 Å². The lowest BCUT2D eigenvalue weighted by Gasteiger charge is -2.26. The van der Waals surface area contributed by atoms with Gasteiger partial charge < -0.3 is 16.2 Å². The van der Waals surface area contributed by atoms with Crippen LogP contribution in [-0.4, -0.2) is 23.0 Å². The van der Waals surface area contributed by atoms with E-state index in [0.717, 1.165) is 19.3 Å². The highest BCUT2D eigenvalue weighted by Gasteiger charge is 2.29. The first kappa shape index (κ1) is 14.0. The average molecular weight is 282 g/mol. The first-order chi connectivity index (χ1) is 9.08. The molecule has 0 bridgehead atoms. The van der Waals surface area contributed by atoms with Crippen molar-refractivity contribution in [2.45, 2.75) is 37.8 Å². The second kappa shape index (κ2) is 6.16. The summed E-state index contributed by atoms with van der Waals surface area (Å²) in [4.78, 5) is 24.0. The van der Waals surface area contributed by atoms with E-state index in [4.69, 9.17) is 5.73 Å². The van der Waals surface area contributed by atoms with Gasteiger partial charge in [0.2, 0.25) is 5.91 Å². The number of carbonyl (C=O) groups excluding carboxylic acids is 1. The van der Waals surface area contributed by atoms with Gasteiger partial charge in [-0.3, -0.25) is 4.79 Å². The summed E-state index contributed by atoms with van der Waals surface area (Å²) in [6.07, 6.45) is 3.30. The van der Waals surface area contributed by atoms with Crippen molar-refractivity contribution >= 4 is 23.2 Å². The maximum Gasteiger partial charge on any atom is 0.331 e. The molecule has 0 radical (unpaired) electrons. The molecule has 3 unspecified atom stereocenters. The van der Waals surface area contributed by atoms with Crippen LogP contribution in [0.15, 0.2) is 17.5 Å². The van der Waals surface area contributed by atoms with Gasteiger partial charge in [-0.15, -0.1) is 11.3 Å². The van der Waals surface area contributed by atoms with E-state index in [-0.39, 0.29) is 17.9 Å². The molecular formula is C13H18N2O3S. The number of thiophene rings is 1. The highest BCUT2D eigenvalue weighted by atomic mass is 32.1. The quantitative estimate of drug-likeness (QED) is 0.780. The average Bonchev–Trinajstić information content (AvgIpc) is 2.88. The first-order valence-corrected chi connectivity index (χ1v) is 7.28. The monoisotopic (exact) mass is 282 g/mol. The summed E-state index contributed by atoms with van der Waals surface area (Å²) >= 11 is 1.33. The minimum absolute atomic E-state index is 0.0505. The molecule has 1 fully saturated rings. The van der Waals surface area contributed by atoms with E-state index in [1.807, 2.05) is 0 Å². The molecule has 0 saturated heterocycles. The van der Waals surface area contributed by atoms with Crippen LogP contribution in [0.4, 0.5) is 0 Å². The predicted octanol–water partition coefficient (Wildman–Crippen LogP) is 1.51. The molecular weight excluding hydrogens is 264 g/mol. The number of nitrogens with two attached hydrogens (primary N) is 1. The fourth-order valence-corrected chi connectivity index (χ4v) is 3.20. The molecule has 1 aliphatic carbocycles. The predicted molar refractivity (Wildman–Crippen MR) is 72.8 cm³/mol. The van der Waals surface area contributed by atoms with Crippen LogP contribution in [0.25, 0.3) is 0 Å². The Labute approximate surface area is 115 Å². The third-order valence-corrected chi connectivity index (χ3v) is 4.38. The van der Waals surface area contributed by atoms with E-state index in [2.05, 4.69) is 5.32 Å². The number of hydrogen-bond acceptors (Lipinski definition) is 4. The molecule has 6 heteroatoms. The molecule has 2 rings (SSSR count). The molecule has 1 aromatic rings. The van der Waals surface area contributed by atoms with E-state index in [0.29, 0.717) is 11.3 Å². The topological polar surface area (TPSA) is 92.4 Å². The molecule has 19 heavy (non-hydrogen) atoms. The van der Waals surface area contributed by atoms with Crippen molar-refractivity contribution in [1.29, 1.82) is 0 Å². The van der Waals surface area contributed by atoms with Crippen molar-refractivity contribution in [3.05, 3.63) is 22.4 Å². The third-order valence-electron chi connectivity index (χ3n) is 3.45. The number of aliphatic carboxylic acids is 1. The van der Waals surface area contributed by atoms with Crippen LogP contribution in [0.1, 0.15) is 36.6 Å². The SMILES string of the molecule is NC1CCCC(C(=O)NC(C(=O)O)c2cccs2)C1. The Hall–Kier alpha value is -1.40. The van der Waals surface area contributed by atoms with Crippen molar-refractivity contribution < 1.29 is 14.7 Å². The van der Waals surface area contributed by atoms with Crippen LogP contribution < -0.4 is 11.1 Å². The molecule has 104 valence electrons. The Morgan fingerprint density at radius 1 is 1.47 bits per heavy atom. The summed E-state index contributed by atoms with van der Waals surface area (Å²) in [5.74, 6) is -1.39. The van der Waals surface area contributed by atoms with Gasteiger partial charge in [-0.25, -0.2) is 4.79 Å². The summed E-state index contributed by atoms with van der Waals surface area (Å²) in [6.45, 7) is 0. The largest absolute Gasteiger partial charge is 0.479 e. The molecule has 0 aliphatic heterocycles. The molecule has 1 saturated carbocycles. The molecule has 1 heterocycles. The number of carboxylic acids is 1. The van der Waals surface area contributed by atoms with Gasteiger partial charge in [-0.1, -0.05) is 12.5 Å². The van der Waals surface area contributed by atoms with E-state index in [9.17, 15) is 14.7 Å². The zero-order valence-electron chi connectivity index (χ0n) is 10.5. The van der Waals surface area contributed by atoms with Gasteiger partial charge in [-0.05, 0) is 30.7 Å². The number of amides is 1. The summed E-state index contributed by atoms with van der Waals surface area (Å²) in [5, 5.41) is 13.6. The second-order valence-corrected chi connectivity index (χ2v) is 5.90. The van der Waals surface area contributed by atoms with Gasteiger partial charge in [0, 0.05) is 16.8 Å². The van der Waals surface area contributed by atoms with Crippen molar-refractivity contribution in [3.8, 4) is 0 Å². The van der Waals surface area contributed by atoms with Crippen LogP contribution in [0, 0.1) is 5.92 Å². The van der Waals surface area contributed by atoms with Gasteiger partial charge >= 0.3 is 5.97 Å². The van der Waals surface area contributed by atoms with E-state index in [1.54, 1.807) is 17.5 Å². The smallest absolute Gasteiger partial charge is 0.331 e. The number of nitrogens with one attached hydrogen (secondary N) is 1. The highest BCUT2D eigenvalue weighted by Crippen LogP contribution is 2.25. The van der Waals surface area contributed by atoms with Crippen LogP contribution in [0.3, 0.4) is 0 Å². The van der Waals surface area contributed by atoms with Crippen molar-refractivity contribution in [2.75, 3.05) is 0 Å². The summed E-state index contributed by atoms with van der Waals surface area (Å²) in [7, 11) is 0. The molecule has 1 aromatic heterocycles. The van der Waals surface area contributed by atoms with E-state index < -0.39 is 12.0 Å². The highest BCUT2D eigenvalue weighted by molar-refractivity contribution is 7.10. The van der Waals surface area contributed by atoms with Gasteiger partial charge in [0.15, 0.2) is 6.04 Å². The lowest BCUT2D eigenvalue weighted by atomic mass is 9.85. The fourth-order valence-electron chi connectivity index (χ4n) is 2.44. The molecule has 4 N–H and O–H groups in total. The van der Waals surface area contributed by atoms with Crippen molar-refractivity contribution in [2.24, 2.45) is 11.7 Å². The standard InChI is InChI=1S/C13H18N2O3S/c14-9-4-1-3-8(7-9)12(16)15-11(13(17)18)10-5-2-6-19-10/h2,5-6,8-9,11H,1,3-4,7,14H2,(H,15,16)(H,17,18). The maximum absolute atomic E-state index is 12.1. The molecule has 0 spiro atoms. The zero-order valence-corrected chi connectivity index (χ0v) is 11.4. The van der Waals surface area contributed by atoms with Gasteiger partial charge in [0.1, 0.15) is 0 Å². The van der Waals surface area contributed by atoms with Crippen LogP contribution >= 0.6 is 11.3 Å². The molecule has 1 aliphatic rings. The minimum atomic E-state index is -1.03. The fraction of sp³-hybridized carbons (Fsp3) is 0.538.